The largest absolute Gasteiger partial charge is 0.361 e. The van der Waals surface area contributed by atoms with E-state index in [1.807, 2.05) is 23.1 Å². The summed E-state index contributed by atoms with van der Waals surface area (Å²) in [4.78, 5) is 14.2. The topological polar surface area (TPSA) is 46.3 Å². The zero-order valence-corrected chi connectivity index (χ0v) is 12.5. The molecular formula is C17H20N2O2. The molecule has 0 unspecified atom stereocenters. The molecule has 0 saturated carbocycles. The monoisotopic (exact) mass is 284 g/mol. The molecule has 0 fully saturated rings. The number of benzene rings is 1. The molecule has 0 bridgehead atoms. The van der Waals surface area contributed by atoms with Gasteiger partial charge in [0.15, 0.2) is 0 Å². The standard InChI is InChI=1S/C17H20N2O2/c1-12(2)16-9-15(18-21-16)11-19-10-14-6-4-3-5-13(14)7-8-17(19)20/h3-6,9,12H,7-8,10-11H2,1-2H3. The summed E-state index contributed by atoms with van der Waals surface area (Å²) in [7, 11) is 0. The van der Waals surface area contributed by atoms with E-state index in [2.05, 4.69) is 31.1 Å². The van der Waals surface area contributed by atoms with Crippen molar-refractivity contribution in [3.05, 3.63) is 52.9 Å². The van der Waals surface area contributed by atoms with Gasteiger partial charge in [-0.25, -0.2) is 0 Å². The maximum absolute atomic E-state index is 12.3. The highest BCUT2D eigenvalue weighted by Crippen LogP contribution is 2.22. The first-order valence-corrected chi connectivity index (χ1v) is 7.43. The maximum Gasteiger partial charge on any atom is 0.223 e. The molecule has 1 aromatic carbocycles. The van der Waals surface area contributed by atoms with E-state index in [1.165, 1.54) is 11.1 Å². The molecule has 0 spiro atoms. The Morgan fingerprint density at radius 1 is 1.24 bits per heavy atom. The second-order valence-electron chi connectivity index (χ2n) is 5.89. The minimum atomic E-state index is 0.181. The molecular weight excluding hydrogens is 264 g/mol. The van der Waals surface area contributed by atoms with Crippen LogP contribution in [0.15, 0.2) is 34.9 Å². The van der Waals surface area contributed by atoms with Crippen LogP contribution in [0.2, 0.25) is 0 Å². The molecule has 21 heavy (non-hydrogen) atoms. The van der Waals surface area contributed by atoms with Gasteiger partial charge >= 0.3 is 0 Å². The third-order valence-electron chi connectivity index (χ3n) is 3.94. The predicted molar refractivity (Wildman–Crippen MR) is 79.6 cm³/mol. The van der Waals surface area contributed by atoms with Gasteiger partial charge < -0.3 is 9.42 Å². The maximum atomic E-state index is 12.3. The summed E-state index contributed by atoms with van der Waals surface area (Å²) in [6, 6.07) is 10.2. The van der Waals surface area contributed by atoms with E-state index in [4.69, 9.17) is 4.52 Å². The van der Waals surface area contributed by atoms with Crippen LogP contribution in [0, 0.1) is 0 Å². The number of carbonyl (C=O) groups excluding carboxylic acids is 1. The van der Waals surface area contributed by atoms with Crippen LogP contribution in [-0.2, 0) is 24.3 Å². The van der Waals surface area contributed by atoms with E-state index in [0.717, 1.165) is 17.9 Å². The highest BCUT2D eigenvalue weighted by Gasteiger charge is 2.21. The third-order valence-corrected chi connectivity index (χ3v) is 3.94. The van der Waals surface area contributed by atoms with E-state index in [-0.39, 0.29) is 5.91 Å². The summed E-state index contributed by atoms with van der Waals surface area (Å²) in [6.45, 7) is 5.30. The lowest BCUT2D eigenvalue weighted by molar-refractivity contribution is -0.132. The van der Waals surface area contributed by atoms with Gasteiger partial charge in [0.25, 0.3) is 0 Å². The van der Waals surface area contributed by atoms with Gasteiger partial charge in [-0.1, -0.05) is 43.3 Å². The molecule has 4 heteroatoms. The van der Waals surface area contributed by atoms with Crippen molar-refractivity contribution in [2.24, 2.45) is 0 Å². The minimum absolute atomic E-state index is 0.181. The first-order chi connectivity index (χ1) is 10.1. The summed E-state index contributed by atoms with van der Waals surface area (Å²) >= 11 is 0. The lowest BCUT2D eigenvalue weighted by Gasteiger charge is -2.19. The molecule has 0 atom stereocenters. The summed E-state index contributed by atoms with van der Waals surface area (Å²) in [6.07, 6.45) is 1.38. The van der Waals surface area contributed by atoms with Crippen LogP contribution in [-0.4, -0.2) is 16.0 Å². The number of hydrogen-bond donors (Lipinski definition) is 0. The lowest BCUT2D eigenvalue weighted by atomic mass is 10.0. The number of amides is 1. The van der Waals surface area contributed by atoms with Crippen molar-refractivity contribution in [1.82, 2.24) is 10.1 Å². The van der Waals surface area contributed by atoms with E-state index in [9.17, 15) is 4.79 Å². The van der Waals surface area contributed by atoms with Gasteiger partial charge in [-0.3, -0.25) is 4.79 Å². The van der Waals surface area contributed by atoms with Crippen molar-refractivity contribution < 1.29 is 9.32 Å². The molecule has 0 saturated heterocycles. The van der Waals surface area contributed by atoms with Crippen LogP contribution >= 0.6 is 0 Å². The fourth-order valence-electron chi connectivity index (χ4n) is 2.66. The first kappa shape index (κ1) is 13.9. The molecule has 1 aliphatic heterocycles. The van der Waals surface area contributed by atoms with Crippen molar-refractivity contribution in [3.8, 4) is 0 Å². The molecule has 1 aliphatic rings. The van der Waals surface area contributed by atoms with E-state index >= 15 is 0 Å². The van der Waals surface area contributed by atoms with Crippen molar-refractivity contribution in [2.45, 2.75) is 45.7 Å². The van der Waals surface area contributed by atoms with Gasteiger partial charge in [-0.15, -0.1) is 0 Å². The number of fused-ring (bicyclic) bond motifs is 1. The Kier molecular flexibility index (Phi) is 3.78. The highest BCUT2D eigenvalue weighted by atomic mass is 16.5. The summed E-state index contributed by atoms with van der Waals surface area (Å²) in [5.41, 5.74) is 3.33. The Hall–Kier alpha value is -2.10. The number of hydrogen-bond acceptors (Lipinski definition) is 3. The van der Waals surface area contributed by atoms with Crippen LogP contribution in [0.4, 0.5) is 0 Å². The first-order valence-electron chi connectivity index (χ1n) is 7.43. The molecule has 0 radical (unpaired) electrons. The normalized spacial score (nSPS) is 15.2. The smallest absolute Gasteiger partial charge is 0.223 e. The van der Waals surface area contributed by atoms with Crippen molar-refractivity contribution >= 4 is 5.91 Å². The van der Waals surface area contributed by atoms with Crippen molar-refractivity contribution in [1.29, 1.82) is 0 Å². The van der Waals surface area contributed by atoms with Gasteiger partial charge in [0.1, 0.15) is 11.5 Å². The van der Waals surface area contributed by atoms with Gasteiger partial charge in [0, 0.05) is 24.9 Å². The number of rotatable bonds is 3. The van der Waals surface area contributed by atoms with Gasteiger partial charge in [-0.05, 0) is 17.5 Å². The average Bonchev–Trinajstić information content (AvgIpc) is 2.88. The second-order valence-corrected chi connectivity index (χ2v) is 5.89. The molecule has 2 heterocycles. The zero-order valence-electron chi connectivity index (χ0n) is 12.5. The molecule has 4 nitrogen and oxygen atoms in total. The van der Waals surface area contributed by atoms with E-state index in [0.29, 0.717) is 25.4 Å². The van der Waals surface area contributed by atoms with E-state index in [1.54, 1.807) is 0 Å². The number of nitrogens with zero attached hydrogens (tertiary/aromatic N) is 2. The van der Waals surface area contributed by atoms with Crippen LogP contribution in [0.25, 0.3) is 0 Å². The molecule has 0 aliphatic carbocycles. The van der Waals surface area contributed by atoms with Crippen molar-refractivity contribution in [3.63, 3.8) is 0 Å². The zero-order chi connectivity index (χ0) is 14.8. The van der Waals surface area contributed by atoms with Gasteiger partial charge in [-0.2, -0.15) is 0 Å². The Balaban J connectivity index is 1.79. The predicted octanol–water partition coefficient (Wildman–Crippen LogP) is 3.27. The highest BCUT2D eigenvalue weighted by molar-refractivity contribution is 5.77. The molecule has 1 amide bonds. The lowest BCUT2D eigenvalue weighted by Crippen LogP contribution is -2.28. The number of aromatic nitrogens is 1. The fourth-order valence-corrected chi connectivity index (χ4v) is 2.66. The van der Waals surface area contributed by atoms with E-state index < -0.39 is 0 Å². The summed E-state index contributed by atoms with van der Waals surface area (Å²) in [5.74, 6) is 1.36. The Morgan fingerprint density at radius 2 is 2.00 bits per heavy atom. The minimum Gasteiger partial charge on any atom is -0.361 e. The van der Waals surface area contributed by atoms with Crippen LogP contribution < -0.4 is 0 Å². The molecule has 0 N–H and O–H groups in total. The molecule has 2 aromatic rings. The number of carbonyl (C=O) groups is 1. The summed E-state index contributed by atoms with van der Waals surface area (Å²) < 4.78 is 5.32. The Morgan fingerprint density at radius 3 is 2.71 bits per heavy atom. The van der Waals surface area contributed by atoms with Crippen LogP contribution in [0.5, 0.6) is 0 Å². The second kappa shape index (κ2) is 5.72. The van der Waals surface area contributed by atoms with Gasteiger partial charge in [0.05, 0.1) is 6.54 Å². The van der Waals surface area contributed by atoms with Crippen molar-refractivity contribution in [2.75, 3.05) is 0 Å². The molecule has 1 aromatic heterocycles. The SMILES string of the molecule is CC(C)c1cc(CN2Cc3ccccc3CCC2=O)no1. The fraction of sp³-hybridized carbons (Fsp3) is 0.412. The Bertz CT molecular complexity index is 646. The van der Waals surface area contributed by atoms with Crippen LogP contribution in [0.1, 0.15) is 48.8 Å². The van der Waals surface area contributed by atoms with Crippen LogP contribution in [0.3, 0.4) is 0 Å². The van der Waals surface area contributed by atoms with Gasteiger partial charge in [0.2, 0.25) is 5.91 Å². The molecule has 110 valence electrons. The Labute approximate surface area is 124 Å². The number of aryl methyl sites for hydroxylation is 1. The molecule has 3 rings (SSSR count). The average molecular weight is 284 g/mol. The quantitative estimate of drug-likeness (QED) is 0.869. The third kappa shape index (κ3) is 2.99. The summed E-state index contributed by atoms with van der Waals surface area (Å²) in [5, 5.41) is 4.08.